The molecule has 0 unspecified atom stereocenters. The molecular weight excluding hydrogens is 356 g/mol. The van der Waals surface area contributed by atoms with Crippen LogP contribution in [0.25, 0.3) is 0 Å². The van der Waals surface area contributed by atoms with Gasteiger partial charge in [0, 0.05) is 11.8 Å². The number of rotatable bonds is 7. The number of anilines is 1. The average Bonchev–Trinajstić information content (AvgIpc) is 2.67. The summed E-state index contributed by atoms with van der Waals surface area (Å²) in [6.45, 7) is 1.36. The van der Waals surface area contributed by atoms with Crippen LogP contribution in [0, 0.1) is 17.0 Å². The lowest BCUT2D eigenvalue weighted by atomic mass is 10.1. The Labute approximate surface area is 155 Å². The Morgan fingerprint density at radius 2 is 1.85 bits per heavy atom. The van der Waals surface area contributed by atoms with Gasteiger partial charge in [0.25, 0.3) is 11.6 Å². The van der Waals surface area contributed by atoms with Crippen LogP contribution in [0.1, 0.15) is 15.9 Å². The zero-order chi connectivity index (χ0) is 20.0. The summed E-state index contributed by atoms with van der Waals surface area (Å²) in [7, 11) is 2.65. The van der Waals surface area contributed by atoms with Crippen LogP contribution in [0.4, 0.5) is 11.4 Å². The zero-order valence-electron chi connectivity index (χ0n) is 15.0. The van der Waals surface area contributed by atoms with Crippen LogP contribution in [0.15, 0.2) is 36.4 Å². The molecule has 2 aromatic rings. The fourth-order valence-corrected chi connectivity index (χ4v) is 2.22. The number of methoxy groups -OCH3 is 2. The van der Waals surface area contributed by atoms with Crippen molar-refractivity contribution in [1.29, 1.82) is 0 Å². The minimum absolute atomic E-state index is 0.0712. The second kappa shape index (κ2) is 8.65. The van der Waals surface area contributed by atoms with Crippen LogP contribution in [-0.4, -0.2) is 37.6 Å². The van der Waals surface area contributed by atoms with Gasteiger partial charge in [-0.15, -0.1) is 0 Å². The van der Waals surface area contributed by atoms with Crippen molar-refractivity contribution in [3.63, 3.8) is 0 Å². The number of nitrogens with one attached hydrogen (secondary N) is 1. The fourth-order valence-electron chi connectivity index (χ4n) is 2.22. The van der Waals surface area contributed by atoms with E-state index in [1.807, 2.05) is 0 Å². The third kappa shape index (κ3) is 4.94. The molecule has 0 bridgehead atoms. The van der Waals surface area contributed by atoms with Crippen molar-refractivity contribution in [2.24, 2.45) is 0 Å². The smallest absolute Gasteiger partial charge is 0.337 e. The second-order valence-electron chi connectivity index (χ2n) is 5.45. The van der Waals surface area contributed by atoms with E-state index < -0.39 is 23.4 Å². The van der Waals surface area contributed by atoms with Gasteiger partial charge in [0.1, 0.15) is 0 Å². The predicted molar refractivity (Wildman–Crippen MR) is 96.3 cm³/mol. The number of ether oxygens (including phenoxy) is 3. The Kier molecular flexibility index (Phi) is 6.32. The molecule has 9 nitrogen and oxygen atoms in total. The largest absolute Gasteiger partial charge is 0.493 e. The lowest BCUT2D eigenvalue weighted by molar-refractivity contribution is -0.385. The molecule has 0 fully saturated rings. The highest BCUT2D eigenvalue weighted by Gasteiger charge is 2.15. The van der Waals surface area contributed by atoms with E-state index in [1.54, 1.807) is 19.1 Å². The number of hydrogen-bond donors (Lipinski definition) is 1. The summed E-state index contributed by atoms with van der Waals surface area (Å²) in [6.07, 6.45) is 0. The SMILES string of the molecule is COC(=O)c1ccc(C)c(NC(=O)COc2cc([N+](=O)[O-])ccc2OC)c1. The molecule has 9 heteroatoms. The molecule has 0 aliphatic rings. The monoisotopic (exact) mass is 374 g/mol. The van der Waals surface area contributed by atoms with Crippen molar-refractivity contribution in [3.8, 4) is 11.5 Å². The molecule has 0 saturated heterocycles. The highest BCUT2D eigenvalue weighted by Crippen LogP contribution is 2.31. The first-order chi connectivity index (χ1) is 12.8. The number of non-ortho nitro benzene ring substituents is 1. The van der Waals surface area contributed by atoms with E-state index in [9.17, 15) is 19.7 Å². The molecule has 0 saturated carbocycles. The summed E-state index contributed by atoms with van der Waals surface area (Å²) in [5.41, 5.74) is 1.27. The van der Waals surface area contributed by atoms with Crippen molar-refractivity contribution in [2.75, 3.05) is 26.1 Å². The van der Waals surface area contributed by atoms with Crippen LogP contribution in [-0.2, 0) is 9.53 Å². The van der Waals surface area contributed by atoms with E-state index in [4.69, 9.17) is 9.47 Å². The highest BCUT2D eigenvalue weighted by atomic mass is 16.6. The summed E-state index contributed by atoms with van der Waals surface area (Å²) in [5, 5.41) is 13.5. The summed E-state index contributed by atoms with van der Waals surface area (Å²) in [5.74, 6) is -0.698. The van der Waals surface area contributed by atoms with Gasteiger partial charge >= 0.3 is 5.97 Å². The summed E-state index contributed by atoms with van der Waals surface area (Å²) in [6, 6.07) is 8.58. The molecule has 0 spiro atoms. The number of carbonyl (C=O) groups excluding carboxylic acids is 2. The van der Waals surface area contributed by atoms with Gasteiger partial charge in [0.2, 0.25) is 0 Å². The molecule has 2 rings (SSSR count). The molecule has 142 valence electrons. The maximum Gasteiger partial charge on any atom is 0.337 e. The number of carbonyl (C=O) groups is 2. The topological polar surface area (TPSA) is 117 Å². The van der Waals surface area contributed by atoms with Gasteiger partial charge in [-0.2, -0.15) is 0 Å². The quantitative estimate of drug-likeness (QED) is 0.450. The van der Waals surface area contributed by atoms with Crippen LogP contribution in [0.5, 0.6) is 11.5 Å². The minimum Gasteiger partial charge on any atom is -0.493 e. The summed E-state index contributed by atoms with van der Waals surface area (Å²) in [4.78, 5) is 34.1. The van der Waals surface area contributed by atoms with Gasteiger partial charge in [-0.25, -0.2) is 4.79 Å². The van der Waals surface area contributed by atoms with Crippen molar-refractivity contribution in [1.82, 2.24) is 0 Å². The third-order valence-electron chi connectivity index (χ3n) is 3.65. The first-order valence-corrected chi connectivity index (χ1v) is 7.79. The Hall–Kier alpha value is -3.62. The molecular formula is C18H18N2O7. The molecule has 27 heavy (non-hydrogen) atoms. The molecule has 0 heterocycles. The molecule has 0 radical (unpaired) electrons. The standard InChI is InChI=1S/C18H18N2O7/c1-11-4-5-12(18(22)26-3)8-14(11)19-17(21)10-27-16-9-13(20(23)24)6-7-15(16)25-2/h4-9H,10H2,1-3H3,(H,19,21). The van der Waals surface area contributed by atoms with Gasteiger partial charge in [-0.1, -0.05) is 6.07 Å². The van der Waals surface area contributed by atoms with E-state index in [2.05, 4.69) is 10.1 Å². The minimum atomic E-state index is -0.575. The van der Waals surface area contributed by atoms with Gasteiger partial charge in [-0.3, -0.25) is 14.9 Å². The van der Waals surface area contributed by atoms with Crippen molar-refractivity contribution in [3.05, 3.63) is 57.6 Å². The lowest BCUT2D eigenvalue weighted by Gasteiger charge is -2.12. The Balaban J connectivity index is 2.10. The first kappa shape index (κ1) is 19.7. The maximum absolute atomic E-state index is 12.2. The lowest BCUT2D eigenvalue weighted by Crippen LogP contribution is -2.21. The van der Waals surface area contributed by atoms with Gasteiger partial charge in [-0.05, 0) is 30.7 Å². The number of hydrogen-bond acceptors (Lipinski definition) is 7. The van der Waals surface area contributed by atoms with Gasteiger partial charge in [0.05, 0.1) is 30.8 Å². The Morgan fingerprint density at radius 3 is 2.48 bits per heavy atom. The van der Waals surface area contributed by atoms with E-state index in [0.717, 1.165) is 5.56 Å². The molecule has 2 aromatic carbocycles. The van der Waals surface area contributed by atoms with Crippen molar-refractivity contribution < 1.29 is 28.7 Å². The number of aryl methyl sites for hydroxylation is 1. The maximum atomic E-state index is 12.2. The Bertz CT molecular complexity index is 880. The molecule has 0 atom stereocenters. The number of amides is 1. The predicted octanol–water partition coefficient (Wildman–Crippen LogP) is 2.72. The molecule has 1 amide bonds. The Morgan fingerprint density at radius 1 is 1.11 bits per heavy atom. The number of nitro groups is 1. The van der Waals surface area contributed by atoms with Crippen LogP contribution >= 0.6 is 0 Å². The average molecular weight is 374 g/mol. The number of esters is 1. The molecule has 1 N–H and O–H groups in total. The van der Waals surface area contributed by atoms with Gasteiger partial charge < -0.3 is 19.5 Å². The van der Waals surface area contributed by atoms with Crippen molar-refractivity contribution >= 4 is 23.3 Å². The van der Waals surface area contributed by atoms with E-state index >= 15 is 0 Å². The van der Waals surface area contributed by atoms with Crippen molar-refractivity contribution in [2.45, 2.75) is 6.92 Å². The van der Waals surface area contributed by atoms with E-state index in [0.29, 0.717) is 11.3 Å². The first-order valence-electron chi connectivity index (χ1n) is 7.79. The van der Waals surface area contributed by atoms with Crippen LogP contribution in [0.2, 0.25) is 0 Å². The zero-order valence-corrected chi connectivity index (χ0v) is 15.0. The summed E-state index contributed by atoms with van der Waals surface area (Å²) < 4.78 is 15.1. The number of nitrogens with zero attached hydrogens (tertiary/aromatic N) is 1. The molecule has 0 aliphatic heterocycles. The van der Waals surface area contributed by atoms with E-state index in [-0.39, 0.29) is 17.2 Å². The normalized spacial score (nSPS) is 10.0. The van der Waals surface area contributed by atoms with Crippen LogP contribution in [0.3, 0.4) is 0 Å². The molecule has 0 aliphatic carbocycles. The highest BCUT2D eigenvalue weighted by molar-refractivity contribution is 5.95. The number of benzene rings is 2. The summed E-state index contributed by atoms with van der Waals surface area (Å²) >= 11 is 0. The second-order valence-corrected chi connectivity index (χ2v) is 5.45. The van der Waals surface area contributed by atoms with E-state index in [1.165, 1.54) is 38.5 Å². The van der Waals surface area contributed by atoms with Crippen LogP contribution < -0.4 is 14.8 Å². The molecule has 0 aromatic heterocycles. The fraction of sp³-hybridized carbons (Fsp3) is 0.222. The van der Waals surface area contributed by atoms with Gasteiger partial charge in [0.15, 0.2) is 18.1 Å². The third-order valence-corrected chi connectivity index (χ3v) is 3.65. The number of nitro benzene ring substituents is 1.